The molecule has 23 heavy (non-hydrogen) atoms. The third kappa shape index (κ3) is 2.93. The second kappa shape index (κ2) is 6.02. The molecule has 0 radical (unpaired) electrons. The minimum absolute atomic E-state index is 0.0824. The number of hydrogen-bond donors (Lipinski definition) is 2. The molecule has 2 heterocycles. The van der Waals surface area contributed by atoms with Crippen molar-refractivity contribution >= 4 is 22.8 Å². The Morgan fingerprint density at radius 3 is 2.91 bits per heavy atom. The van der Waals surface area contributed by atoms with Crippen molar-refractivity contribution in [1.82, 2.24) is 9.88 Å². The van der Waals surface area contributed by atoms with Crippen LogP contribution in [0.25, 0.3) is 10.9 Å². The van der Waals surface area contributed by atoms with E-state index in [1.54, 1.807) is 6.07 Å². The van der Waals surface area contributed by atoms with Gasteiger partial charge in [-0.25, -0.2) is 9.18 Å². The molecular formula is C17H19FN2O3. The van der Waals surface area contributed by atoms with E-state index in [-0.39, 0.29) is 18.1 Å². The molecule has 1 saturated heterocycles. The summed E-state index contributed by atoms with van der Waals surface area (Å²) in [4.78, 5) is 28.6. The number of rotatable bonds is 3. The number of aryl methyl sites for hydroxylation is 1. The number of halogens is 1. The fourth-order valence-electron chi connectivity index (χ4n) is 3.32. The van der Waals surface area contributed by atoms with Crippen LogP contribution in [0.5, 0.6) is 0 Å². The summed E-state index contributed by atoms with van der Waals surface area (Å²) >= 11 is 0. The number of amides is 1. The fourth-order valence-corrected chi connectivity index (χ4v) is 3.32. The molecule has 1 atom stereocenters. The number of fused-ring (bicyclic) bond motifs is 1. The number of piperidine rings is 1. The lowest BCUT2D eigenvalue weighted by molar-refractivity contribution is -0.151. The Kier molecular flexibility index (Phi) is 4.07. The van der Waals surface area contributed by atoms with E-state index in [0.29, 0.717) is 18.4 Å². The molecular weight excluding hydrogens is 299 g/mol. The summed E-state index contributed by atoms with van der Waals surface area (Å²) in [5, 5.41) is 9.98. The third-order valence-electron chi connectivity index (χ3n) is 4.52. The van der Waals surface area contributed by atoms with Crippen LogP contribution in [0.4, 0.5) is 4.39 Å². The topological polar surface area (TPSA) is 73.4 Å². The molecule has 1 aliphatic heterocycles. The first-order valence-corrected chi connectivity index (χ1v) is 7.76. The maximum atomic E-state index is 13.5. The number of likely N-dealkylation sites (tertiary alicyclic amines) is 1. The van der Waals surface area contributed by atoms with Crippen LogP contribution in [0.3, 0.4) is 0 Å². The summed E-state index contributed by atoms with van der Waals surface area (Å²) in [6, 6.07) is 3.67. The summed E-state index contributed by atoms with van der Waals surface area (Å²) in [5.41, 5.74) is 2.32. The Hall–Kier alpha value is -2.37. The van der Waals surface area contributed by atoms with Crippen LogP contribution in [0.1, 0.15) is 30.5 Å². The zero-order chi connectivity index (χ0) is 16.6. The maximum Gasteiger partial charge on any atom is 0.326 e. The minimum Gasteiger partial charge on any atom is -0.480 e. The molecule has 0 saturated carbocycles. The van der Waals surface area contributed by atoms with E-state index in [0.717, 1.165) is 29.6 Å². The molecule has 2 N–H and O–H groups in total. The predicted octanol–water partition coefficient (Wildman–Crippen LogP) is 2.62. The highest BCUT2D eigenvalue weighted by molar-refractivity contribution is 5.91. The van der Waals surface area contributed by atoms with Crippen LogP contribution in [0.2, 0.25) is 0 Å². The van der Waals surface area contributed by atoms with Gasteiger partial charge in [-0.15, -0.1) is 0 Å². The number of nitrogens with zero attached hydrogens (tertiary/aromatic N) is 1. The lowest BCUT2D eigenvalue weighted by Gasteiger charge is -2.33. The molecule has 0 spiro atoms. The summed E-state index contributed by atoms with van der Waals surface area (Å²) in [7, 11) is 0. The van der Waals surface area contributed by atoms with E-state index in [9.17, 15) is 19.1 Å². The summed E-state index contributed by atoms with van der Waals surface area (Å²) in [6.07, 6.45) is 2.21. The molecule has 6 heteroatoms. The van der Waals surface area contributed by atoms with Gasteiger partial charge in [0.2, 0.25) is 5.91 Å². The van der Waals surface area contributed by atoms with Gasteiger partial charge in [-0.3, -0.25) is 4.79 Å². The Balaban J connectivity index is 1.89. The Labute approximate surface area is 133 Å². The molecule has 122 valence electrons. The second-order valence-electron chi connectivity index (χ2n) is 6.03. The number of carbonyl (C=O) groups is 2. The number of carboxylic acid groups (broad SMARTS) is 1. The van der Waals surface area contributed by atoms with Gasteiger partial charge in [-0.2, -0.15) is 0 Å². The highest BCUT2D eigenvalue weighted by Crippen LogP contribution is 2.25. The number of aliphatic carboxylic acids is 1. The molecule has 5 nitrogen and oxygen atoms in total. The molecule has 2 aromatic rings. The average Bonchev–Trinajstić information content (AvgIpc) is 2.83. The monoisotopic (exact) mass is 318 g/mol. The zero-order valence-corrected chi connectivity index (χ0v) is 12.9. The van der Waals surface area contributed by atoms with Crippen molar-refractivity contribution in [1.29, 1.82) is 0 Å². The van der Waals surface area contributed by atoms with Crippen molar-refractivity contribution in [2.45, 2.75) is 38.6 Å². The van der Waals surface area contributed by atoms with E-state index in [1.807, 2.05) is 6.92 Å². The highest BCUT2D eigenvalue weighted by Gasteiger charge is 2.32. The lowest BCUT2D eigenvalue weighted by atomic mass is 10.00. The normalized spacial score (nSPS) is 18.3. The molecule has 0 aliphatic carbocycles. The average molecular weight is 318 g/mol. The van der Waals surface area contributed by atoms with Crippen LogP contribution < -0.4 is 0 Å². The Morgan fingerprint density at radius 2 is 2.17 bits per heavy atom. The maximum absolute atomic E-state index is 13.5. The van der Waals surface area contributed by atoms with Crippen molar-refractivity contribution in [3.63, 3.8) is 0 Å². The second-order valence-corrected chi connectivity index (χ2v) is 6.03. The van der Waals surface area contributed by atoms with Gasteiger partial charge in [-0.05, 0) is 49.9 Å². The van der Waals surface area contributed by atoms with Gasteiger partial charge in [-0.1, -0.05) is 0 Å². The Bertz CT molecular complexity index is 769. The first kappa shape index (κ1) is 15.5. The molecule has 1 fully saturated rings. The molecule has 1 aromatic heterocycles. The van der Waals surface area contributed by atoms with Crippen molar-refractivity contribution < 1.29 is 19.1 Å². The van der Waals surface area contributed by atoms with Gasteiger partial charge in [0.05, 0.1) is 6.42 Å². The molecule has 1 aromatic carbocycles. The number of carboxylic acids is 1. The standard InChI is InChI=1S/C17H19FN2O3/c1-10-12(13-8-11(18)5-6-14(13)19-10)9-16(21)20-7-3-2-4-15(20)17(22)23/h5-6,8,15,19H,2-4,7,9H2,1H3,(H,22,23). The van der Waals surface area contributed by atoms with Crippen molar-refractivity contribution in [2.24, 2.45) is 0 Å². The first-order chi connectivity index (χ1) is 11.0. The SMILES string of the molecule is Cc1[nH]c2ccc(F)cc2c1CC(=O)N1CCCCC1C(=O)O. The third-order valence-corrected chi connectivity index (χ3v) is 4.52. The minimum atomic E-state index is -0.959. The summed E-state index contributed by atoms with van der Waals surface area (Å²) < 4.78 is 13.5. The van der Waals surface area contributed by atoms with Gasteiger partial charge in [0.15, 0.2) is 0 Å². The number of aromatic nitrogens is 1. The smallest absolute Gasteiger partial charge is 0.326 e. The lowest BCUT2D eigenvalue weighted by Crippen LogP contribution is -2.48. The fraction of sp³-hybridized carbons (Fsp3) is 0.412. The molecule has 1 amide bonds. The van der Waals surface area contributed by atoms with Crippen LogP contribution >= 0.6 is 0 Å². The van der Waals surface area contributed by atoms with Gasteiger partial charge >= 0.3 is 5.97 Å². The molecule has 3 rings (SSSR count). The van der Waals surface area contributed by atoms with E-state index < -0.39 is 12.0 Å². The summed E-state index contributed by atoms with van der Waals surface area (Å²) in [6.45, 7) is 2.30. The van der Waals surface area contributed by atoms with E-state index in [2.05, 4.69) is 4.98 Å². The number of H-pyrrole nitrogens is 1. The zero-order valence-electron chi connectivity index (χ0n) is 12.9. The Morgan fingerprint density at radius 1 is 1.39 bits per heavy atom. The molecule has 1 aliphatic rings. The molecule has 0 bridgehead atoms. The quantitative estimate of drug-likeness (QED) is 0.913. The van der Waals surface area contributed by atoms with Crippen LogP contribution in [0.15, 0.2) is 18.2 Å². The number of aromatic amines is 1. The number of benzene rings is 1. The van der Waals surface area contributed by atoms with Gasteiger partial charge < -0.3 is 15.0 Å². The van der Waals surface area contributed by atoms with Crippen molar-refractivity contribution in [2.75, 3.05) is 6.54 Å². The van der Waals surface area contributed by atoms with E-state index >= 15 is 0 Å². The largest absolute Gasteiger partial charge is 0.480 e. The number of carbonyl (C=O) groups excluding carboxylic acids is 1. The first-order valence-electron chi connectivity index (χ1n) is 7.76. The predicted molar refractivity (Wildman–Crippen MR) is 83.7 cm³/mol. The van der Waals surface area contributed by atoms with E-state index in [4.69, 9.17) is 0 Å². The summed E-state index contributed by atoms with van der Waals surface area (Å²) in [5.74, 6) is -1.53. The highest BCUT2D eigenvalue weighted by atomic mass is 19.1. The van der Waals surface area contributed by atoms with Gasteiger partial charge in [0.25, 0.3) is 0 Å². The van der Waals surface area contributed by atoms with Gasteiger partial charge in [0, 0.05) is 23.1 Å². The van der Waals surface area contributed by atoms with Gasteiger partial charge in [0.1, 0.15) is 11.9 Å². The van der Waals surface area contributed by atoms with Crippen molar-refractivity contribution in [3.8, 4) is 0 Å². The van der Waals surface area contributed by atoms with Crippen LogP contribution in [-0.2, 0) is 16.0 Å². The number of hydrogen-bond acceptors (Lipinski definition) is 2. The van der Waals surface area contributed by atoms with Crippen molar-refractivity contribution in [3.05, 3.63) is 35.3 Å². The van der Waals surface area contributed by atoms with Crippen LogP contribution in [0, 0.1) is 12.7 Å². The van der Waals surface area contributed by atoms with Crippen LogP contribution in [-0.4, -0.2) is 39.5 Å². The number of nitrogens with one attached hydrogen (secondary N) is 1. The molecule has 1 unspecified atom stereocenters. The van der Waals surface area contributed by atoms with E-state index in [1.165, 1.54) is 17.0 Å².